The van der Waals surface area contributed by atoms with E-state index in [1.807, 2.05) is 18.2 Å². The molecule has 1 aliphatic carbocycles. The fourth-order valence-electron chi connectivity index (χ4n) is 2.63. The van der Waals surface area contributed by atoms with E-state index in [0.717, 1.165) is 12.8 Å². The first-order valence-corrected chi connectivity index (χ1v) is 7.57. The predicted molar refractivity (Wildman–Crippen MR) is 84.8 cm³/mol. The molecule has 112 valence electrons. The molecule has 0 saturated heterocycles. The van der Waals surface area contributed by atoms with Gasteiger partial charge in [0.05, 0.1) is 6.20 Å². The van der Waals surface area contributed by atoms with Crippen LogP contribution in [0.15, 0.2) is 30.6 Å². The summed E-state index contributed by atoms with van der Waals surface area (Å²) in [6.45, 7) is 0. The SMILES string of the molecule is N#Cc1cnc(Nc2ccccn2)nc1NC1CCCCC1. The molecule has 6 heteroatoms. The number of rotatable bonds is 4. The Hall–Kier alpha value is -2.68. The van der Waals surface area contributed by atoms with Crippen molar-refractivity contribution in [1.29, 1.82) is 5.26 Å². The summed E-state index contributed by atoms with van der Waals surface area (Å²) in [5.41, 5.74) is 0.470. The van der Waals surface area contributed by atoms with Crippen LogP contribution in [0, 0.1) is 11.3 Å². The third kappa shape index (κ3) is 3.50. The van der Waals surface area contributed by atoms with Gasteiger partial charge in [-0.15, -0.1) is 0 Å². The molecule has 1 saturated carbocycles. The molecule has 2 aromatic rings. The van der Waals surface area contributed by atoms with Crippen LogP contribution in [0.3, 0.4) is 0 Å². The van der Waals surface area contributed by atoms with Crippen LogP contribution in [0.4, 0.5) is 17.6 Å². The van der Waals surface area contributed by atoms with Gasteiger partial charge >= 0.3 is 0 Å². The minimum Gasteiger partial charge on any atom is -0.366 e. The summed E-state index contributed by atoms with van der Waals surface area (Å²) >= 11 is 0. The first-order chi connectivity index (χ1) is 10.8. The Morgan fingerprint density at radius 3 is 2.73 bits per heavy atom. The van der Waals surface area contributed by atoms with E-state index in [9.17, 15) is 5.26 Å². The molecule has 2 heterocycles. The number of nitrogens with zero attached hydrogens (tertiary/aromatic N) is 4. The zero-order valence-electron chi connectivity index (χ0n) is 12.3. The van der Waals surface area contributed by atoms with E-state index in [1.54, 1.807) is 12.4 Å². The Bertz CT molecular complexity index is 658. The van der Waals surface area contributed by atoms with Crippen molar-refractivity contribution in [2.45, 2.75) is 38.1 Å². The van der Waals surface area contributed by atoms with Gasteiger partial charge in [0.1, 0.15) is 23.3 Å². The molecule has 0 bridgehead atoms. The fourth-order valence-corrected chi connectivity index (χ4v) is 2.63. The molecule has 0 aromatic carbocycles. The second kappa shape index (κ2) is 6.85. The standard InChI is InChI=1S/C16H18N6/c17-10-12-11-19-16(21-14-8-4-5-9-18-14)22-15(12)20-13-6-2-1-3-7-13/h4-5,8-9,11,13H,1-3,6-7H2,(H2,18,19,20,21,22). The molecule has 0 amide bonds. The van der Waals surface area contributed by atoms with E-state index in [0.29, 0.717) is 29.2 Å². The van der Waals surface area contributed by atoms with E-state index in [2.05, 4.69) is 31.7 Å². The maximum atomic E-state index is 9.23. The highest BCUT2D eigenvalue weighted by atomic mass is 15.2. The van der Waals surface area contributed by atoms with Crippen molar-refractivity contribution < 1.29 is 0 Å². The first kappa shape index (κ1) is 14.3. The number of pyridine rings is 1. The Morgan fingerprint density at radius 2 is 2.00 bits per heavy atom. The molecule has 1 aliphatic rings. The molecule has 3 rings (SSSR count). The summed E-state index contributed by atoms with van der Waals surface area (Å²) in [5.74, 6) is 1.72. The van der Waals surface area contributed by atoms with Crippen molar-refractivity contribution in [2.24, 2.45) is 0 Å². The molecule has 0 unspecified atom stereocenters. The quantitative estimate of drug-likeness (QED) is 0.900. The van der Waals surface area contributed by atoms with Crippen molar-refractivity contribution in [2.75, 3.05) is 10.6 Å². The van der Waals surface area contributed by atoms with Crippen molar-refractivity contribution in [1.82, 2.24) is 15.0 Å². The summed E-state index contributed by atoms with van der Waals surface area (Å²) in [6.07, 6.45) is 9.24. The van der Waals surface area contributed by atoms with Crippen molar-refractivity contribution in [3.8, 4) is 6.07 Å². The van der Waals surface area contributed by atoms with Gasteiger partial charge in [0, 0.05) is 12.2 Å². The summed E-state index contributed by atoms with van der Waals surface area (Å²) in [5, 5.41) is 15.7. The lowest BCUT2D eigenvalue weighted by atomic mass is 9.95. The number of nitrogens with one attached hydrogen (secondary N) is 2. The zero-order valence-corrected chi connectivity index (χ0v) is 12.3. The Morgan fingerprint density at radius 1 is 1.14 bits per heavy atom. The summed E-state index contributed by atoms with van der Waals surface area (Å²) in [4.78, 5) is 12.8. The lowest BCUT2D eigenvalue weighted by Gasteiger charge is -2.23. The minimum atomic E-state index is 0.387. The fraction of sp³-hybridized carbons (Fsp3) is 0.375. The molecular formula is C16H18N6. The number of hydrogen-bond acceptors (Lipinski definition) is 6. The van der Waals surface area contributed by atoms with Crippen molar-refractivity contribution in [3.05, 3.63) is 36.2 Å². The number of anilines is 3. The van der Waals surface area contributed by atoms with Crippen LogP contribution in [0.5, 0.6) is 0 Å². The third-order valence-corrected chi connectivity index (χ3v) is 3.76. The molecular weight excluding hydrogens is 276 g/mol. The van der Waals surface area contributed by atoms with Crippen LogP contribution in [-0.2, 0) is 0 Å². The average Bonchev–Trinajstić information content (AvgIpc) is 2.57. The molecule has 0 radical (unpaired) electrons. The highest BCUT2D eigenvalue weighted by Gasteiger charge is 2.16. The number of nitriles is 1. The first-order valence-electron chi connectivity index (χ1n) is 7.57. The molecule has 1 fully saturated rings. The van der Waals surface area contributed by atoms with E-state index < -0.39 is 0 Å². The van der Waals surface area contributed by atoms with Gasteiger partial charge in [-0.1, -0.05) is 25.3 Å². The van der Waals surface area contributed by atoms with Gasteiger partial charge in [-0.05, 0) is 25.0 Å². The lowest BCUT2D eigenvalue weighted by Crippen LogP contribution is -2.23. The van der Waals surface area contributed by atoms with Crippen LogP contribution in [0.1, 0.15) is 37.7 Å². The van der Waals surface area contributed by atoms with Crippen LogP contribution in [-0.4, -0.2) is 21.0 Å². The minimum absolute atomic E-state index is 0.387. The van der Waals surface area contributed by atoms with E-state index in [1.165, 1.54) is 19.3 Å². The number of aromatic nitrogens is 3. The summed E-state index contributed by atoms with van der Waals surface area (Å²) < 4.78 is 0. The largest absolute Gasteiger partial charge is 0.366 e. The highest BCUT2D eigenvalue weighted by Crippen LogP contribution is 2.23. The van der Waals surface area contributed by atoms with Gasteiger partial charge in [0.2, 0.25) is 5.95 Å². The monoisotopic (exact) mass is 294 g/mol. The Balaban J connectivity index is 1.78. The zero-order chi connectivity index (χ0) is 15.2. The molecule has 0 aliphatic heterocycles. The van der Waals surface area contributed by atoms with Crippen LogP contribution >= 0.6 is 0 Å². The smallest absolute Gasteiger partial charge is 0.230 e. The summed E-state index contributed by atoms with van der Waals surface area (Å²) in [7, 11) is 0. The molecule has 2 aromatic heterocycles. The molecule has 0 atom stereocenters. The second-order valence-corrected chi connectivity index (χ2v) is 5.39. The Labute approximate surface area is 129 Å². The van der Waals surface area contributed by atoms with Gasteiger partial charge < -0.3 is 10.6 Å². The number of hydrogen-bond donors (Lipinski definition) is 2. The third-order valence-electron chi connectivity index (χ3n) is 3.76. The van der Waals surface area contributed by atoms with E-state index >= 15 is 0 Å². The molecule has 0 spiro atoms. The van der Waals surface area contributed by atoms with Gasteiger partial charge in [0.25, 0.3) is 0 Å². The van der Waals surface area contributed by atoms with E-state index in [4.69, 9.17) is 0 Å². The van der Waals surface area contributed by atoms with Gasteiger partial charge in [-0.3, -0.25) is 0 Å². The normalized spacial score (nSPS) is 15.0. The predicted octanol–water partition coefficient (Wildman–Crippen LogP) is 3.23. The maximum Gasteiger partial charge on any atom is 0.230 e. The van der Waals surface area contributed by atoms with Gasteiger partial charge in [-0.2, -0.15) is 10.2 Å². The molecule has 6 nitrogen and oxygen atoms in total. The molecule has 22 heavy (non-hydrogen) atoms. The van der Waals surface area contributed by atoms with Crippen LogP contribution in [0.25, 0.3) is 0 Å². The lowest BCUT2D eigenvalue weighted by molar-refractivity contribution is 0.462. The van der Waals surface area contributed by atoms with Gasteiger partial charge in [-0.25, -0.2) is 9.97 Å². The highest BCUT2D eigenvalue weighted by molar-refractivity contribution is 5.56. The van der Waals surface area contributed by atoms with Gasteiger partial charge in [0.15, 0.2) is 0 Å². The summed E-state index contributed by atoms with van der Waals surface area (Å²) in [6, 6.07) is 8.11. The van der Waals surface area contributed by atoms with Crippen molar-refractivity contribution in [3.63, 3.8) is 0 Å². The van der Waals surface area contributed by atoms with E-state index in [-0.39, 0.29) is 0 Å². The second-order valence-electron chi connectivity index (χ2n) is 5.39. The topological polar surface area (TPSA) is 86.5 Å². The Kier molecular flexibility index (Phi) is 4.44. The van der Waals surface area contributed by atoms with Crippen LogP contribution < -0.4 is 10.6 Å². The molecule has 2 N–H and O–H groups in total. The van der Waals surface area contributed by atoms with Crippen molar-refractivity contribution >= 4 is 17.6 Å². The average molecular weight is 294 g/mol. The maximum absolute atomic E-state index is 9.23. The van der Waals surface area contributed by atoms with Crippen LogP contribution in [0.2, 0.25) is 0 Å².